The van der Waals surface area contributed by atoms with E-state index < -0.39 is 5.82 Å². The van der Waals surface area contributed by atoms with Gasteiger partial charge >= 0.3 is 0 Å². The molecular weight excluding hydrogens is 421 g/mol. The van der Waals surface area contributed by atoms with Crippen LogP contribution in [-0.2, 0) is 10.5 Å². The third kappa shape index (κ3) is 7.57. The highest BCUT2D eigenvalue weighted by atomic mass is 32.2. The summed E-state index contributed by atoms with van der Waals surface area (Å²) < 4.78 is 13.3. The van der Waals surface area contributed by atoms with Crippen LogP contribution in [0.25, 0.3) is 5.57 Å². The van der Waals surface area contributed by atoms with Gasteiger partial charge in [-0.15, -0.1) is 0 Å². The van der Waals surface area contributed by atoms with E-state index in [4.69, 9.17) is 5.73 Å². The highest BCUT2D eigenvalue weighted by molar-refractivity contribution is 7.98. The number of carbonyl (C=O) groups is 2. The monoisotopic (exact) mass is 455 g/mol. The quantitative estimate of drug-likeness (QED) is 0.263. The van der Waals surface area contributed by atoms with Crippen LogP contribution in [0.3, 0.4) is 0 Å². The summed E-state index contributed by atoms with van der Waals surface area (Å²) in [5, 5.41) is 0. The Morgan fingerprint density at radius 2 is 1.72 bits per heavy atom. The molecule has 0 heterocycles. The Bertz CT molecular complexity index is 976. The fraction of sp³-hybridized carbons (Fsp3) is 0.333. The molecule has 0 fully saturated rings. The summed E-state index contributed by atoms with van der Waals surface area (Å²) in [6.07, 6.45) is 3.41. The first-order valence-electron chi connectivity index (χ1n) is 10.9. The van der Waals surface area contributed by atoms with Gasteiger partial charge in [0.05, 0.1) is 0 Å². The molecule has 172 valence electrons. The summed E-state index contributed by atoms with van der Waals surface area (Å²) in [6.45, 7) is 11.3. The molecule has 1 unspecified atom stereocenters. The smallest absolute Gasteiger partial charge is 0.193 e. The number of hydrogen-bond acceptors (Lipinski definition) is 4. The second kappa shape index (κ2) is 13.8. The fourth-order valence-electron chi connectivity index (χ4n) is 3.23. The molecule has 2 aromatic rings. The van der Waals surface area contributed by atoms with Crippen molar-refractivity contribution in [3.05, 3.63) is 88.3 Å². The van der Waals surface area contributed by atoms with Crippen LogP contribution in [0, 0.1) is 5.82 Å². The Kier molecular flexibility index (Phi) is 11.9. The van der Waals surface area contributed by atoms with Gasteiger partial charge in [-0.3, -0.25) is 9.59 Å². The first-order valence-corrected chi connectivity index (χ1v) is 12.1. The first kappa shape index (κ1) is 27.5. The van der Waals surface area contributed by atoms with E-state index in [1.807, 2.05) is 52.0 Å². The van der Waals surface area contributed by atoms with Gasteiger partial charge in [-0.2, -0.15) is 11.8 Å². The zero-order valence-corrected chi connectivity index (χ0v) is 20.7. The molecule has 0 saturated carbocycles. The van der Waals surface area contributed by atoms with Gasteiger partial charge in [-0.1, -0.05) is 39.0 Å². The molecule has 5 heteroatoms. The van der Waals surface area contributed by atoms with E-state index in [9.17, 15) is 14.0 Å². The highest BCUT2D eigenvalue weighted by Crippen LogP contribution is 2.31. The fourth-order valence-corrected chi connectivity index (χ4v) is 3.85. The number of hydrogen-bond donors (Lipinski definition) is 1. The van der Waals surface area contributed by atoms with Gasteiger partial charge in [-0.05, 0) is 85.2 Å². The average Bonchev–Trinajstić information content (AvgIpc) is 2.78. The second-order valence-corrected chi connectivity index (χ2v) is 8.33. The van der Waals surface area contributed by atoms with Crippen molar-refractivity contribution in [3.8, 4) is 0 Å². The van der Waals surface area contributed by atoms with Crippen LogP contribution < -0.4 is 5.73 Å². The minimum Gasteiger partial charge on any atom is -0.324 e. The lowest BCUT2D eigenvalue weighted by Gasteiger charge is -2.19. The van der Waals surface area contributed by atoms with E-state index in [0.717, 1.165) is 28.2 Å². The standard InChI is InChI=1S/C25H28FNO2S.C2H6/c1-5-21(23(17(4)27)13-16(3)28)24-14-18(15-30-6-2)7-12-22(24)25(29)19-8-10-20(26)11-9-19;1-2/h5,7-14,17H,6,15,27H2,1-4H3;1-2H3/b21-5+,23-13-;. The van der Waals surface area contributed by atoms with E-state index in [1.165, 1.54) is 37.3 Å². The van der Waals surface area contributed by atoms with Crippen molar-refractivity contribution in [2.24, 2.45) is 5.73 Å². The molecule has 0 amide bonds. The van der Waals surface area contributed by atoms with Crippen molar-refractivity contribution in [3.63, 3.8) is 0 Å². The van der Waals surface area contributed by atoms with Gasteiger partial charge < -0.3 is 5.73 Å². The number of carbonyl (C=O) groups excluding carboxylic acids is 2. The Balaban J connectivity index is 0.00000249. The van der Waals surface area contributed by atoms with Crippen LogP contribution >= 0.6 is 11.8 Å². The number of benzene rings is 2. The Morgan fingerprint density at radius 3 is 2.22 bits per heavy atom. The van der Waals surface area contributed by atoms with Crippen LogP contribution in [-0.4, -0.2) is 23.4 Å². The molecule has 0 bridgehead atoms. The van der Waals surface area contributed by atoms with Crippen LogP contribution in [0.1, 0.15) is 68.6 Å². The van der Waals surface area contributed by atoms with Crippen molar-refractivity contribution in [2.45, 2.75) is 53.3 Å². The third-order valence-electron chi connectivity index (χ3n) is 4.65. The van der Waals surface area contributed by atoms with Gasteiger partial charge in [-0.25, -0.2) is 4.39 Å². The number of allylic oxidation sites excluding steroid dienone is 2. The Hall–Kier alpha value is -2.50. The van der Waals surface area contributed by atoms with E-state index in [0.29, 0.717) is 16.7 Å². The molecule has 0 spiro atoms. The first-order chi connectivity index (χ1) is 15.3. The van der Waals surface area contributed by atoms with Crippen molar-refractivity contribution < 1.29 is 14.0 Å². The molecule has 0 aliphatic rings. The second-order valence-electron chi connectivity index (χ2n) is 7.05. The summed E-state index contributed by atoms with van der Waals surface area (Å²) >= 11 is 1.79. The molecule has 3 nitrogen and oxygen atoms in total. The van der Waals surface area contributed by atoms with Gasteiger partial charge in [0.2, 0.25) is 0 Å². The topological polar surface area (TPSA) is 60.2 Å². The van der Waals surface area contributed by atoms with E-state index >= 15 is 0 Å². The van der Waals surface area contributed by atoms with Gasteiger partial charge in [0.15, 0.2) is 11.6 Å². The molecule has 0 radical (unpaired) electrons. The lowest BCUT2D eigenvalue weighted by molar-refractivity contribution is -0.112. The molecule has 0 saturated heterocycles. The Morgan fingerprint density at radius 1 is 1.09 bits per heavy atom. The number of rotatable bonds is 9. The molecule has 0 aromatic heterocycles. The highest BCUT2D eigenvalue weighted by Gasteiger charge is 2.20. The number of nitrogens with two attached hydrogens (primary N) is 1. The van der Waals surface area contributed by atoms with Gasteiger partial charge in [0, 0.05) is 22.9 Å². The maximum Gasteiger partial charge on any atom is 0.193 e. The molecule has 0 aliphatic heterocycles. The zero-order chi connectivity index (χ0) is 24.3. The van der Waals surface area contributed by atoms with Crippen molar-refractivity contribution in [1.82, 2.24) is 0 Å². The minimum absolute atomic E-state index is 0.106. The lowest BCUT2D eigenvalue weighted by Crippen LogP contribution is -2.21. The average molecular weight is 456 g/mol. The lowest BCUT2D eigenvalue weighted by atomic mass is 9.86. The predicted octanol–water partition coefficient (Wildman–Crippen LogP) is 6.60. The van der Waals surface area contributed by atoms with E-state index in [-0.39, 0.29) is 17.6 Å². The molecule has 32 heavy (non-hydrogen) atoms. The third-order valence-corrected chi connectivity index (χ3v) is 5.59. The summed E-state index contributed by atoms with van der Waals surface area (Å²) in [5.41, 5.74) is 10.3. The number of thioether (sulfide) groups is 1. The van der Waals surface area contributed by atoms with Crippen LogP contribution in [0.15, 0.2) is 60.2 Å². The minimum atomic E-state index is -0.392. The number of ketones is 2. The van der Waals surface area contributed by atoms with E-state index in [2.05, 4.69) is 6.92 Å². The van der Waals surface area contributed by atoms with Gasteiger partial charge in [0.1, 0.15) is 5.82 Å². The van der Waals surface area contributed by atoms with Crippen molar-refractivity contribution in [1.29, 1.82) is 0 Å². The van der Waals surface area contributed by atoms with Crippen LogP contribution in [0.2, 0.25) is 0 Å². The molecular formula is C27H34FNO2S. The molecule has 2 rings (SSSR count). The van der Waals surface area contributed by atoms with E-state index in [1.54, 1.807) is 11.8 Å². The summed E-state index contributed by atoms with van der Waals surface area (Å²) in [5.74, 6) is 1.10. The van der Waals surface area contributed by atoms with Gasteiger partial charge in [0.25, 0.3) is 0 Å². The maximum absolute atomic E-state index is 13.3. The summed E-state index contributed by atoms with van der Waals surface area (Å²) in [7, 11) is 0. The SMILES string of the molecule is C/C=C(\C(=C/C(C)=O)C(C)N)c1cc(CSCC)ccc1C(=O)c1ccc(F)cc1.CC. The molecule has 0 aliphatic carbocycles. The van der Waals surface area contributed by atoms with Crippen molar-refractivity contribution >= 4 is 28.9 Å². The van der Waals surface area contributed by atoms with Crippen LogP contribution in [0.4, 0.5) is 4.39 Å². The number of halogens is 1. The van der Waals surface area contributed by atoms with Crippen molar-refractivity contribution in [2.75, 3.05) is 5.75 Å². The summed E-state index contributed by atoms with van der Waals surface area (Å²) in [4.78, 5) is 25.1. The zero-order valence-electron chi connectivity index (χ0n) is 19.9. The molecule has 2 N–H and O–H groups in total. The predicted molar refractivity (Wildman–Crippen MR) is 136 cm³/mol. The largest absolute Gasteiger partial charge is 0.324 e. The summed E-state index contributed by atoms with van der Waals surface area (Å²) in [6, 6.07) is 10.9. The molecule has 1 atom stereocenters. The molecule has 2 aromatic carbocycles. The Labute approximate surface area is 196 Å². The normalized spacial score (nSPS) is 12.6. The maximum atomic E-state index is 13.3. The van der Waals surface area contributed by atoms with Crippen LogP contribution in [0.5, 0.6) is 0 Å².